The van der Waals surface area contributed by atoms with Crippen molar-refractivity contribution in [1.82, 2.24) is 4.98 Å². The number of aromatic amines is 1. The first-order valence-corrected chi connectivity index (χ1v) is 17.6. The highest BCUT2D eigenvalue weighted by molar-refractivity contribution is 8.00. The molecule has 2 bridgehead atoms. The lowest BCUT2D eigenvalue weighted by Gasteiger charge is -2.43. The van der Waals surface area contributed by atoms with Gasteiger partial charge in [-0.25, -0.2) is 4.39 Å². The van der Waals surface area contributed by atoms with Gasteiger partial charge in [-0.3, -0.25) is 24.1 Å². The van der Waals surface area contributed by atoms with E-state index in [1.807, 2.05) is 66.7 Å². The Morgan fingerprint density at radius 3 is 2.42 bits per heavy atom. The summed E-state index contributed by atoms with van der Waals surface area (Å²) in [5.74, 6) is -1.61. The van der Waals surface area contributed by atoms with Gasteiger partial charge in [-0.2, -0.15) is 0 Å². The molecule has 0 radical (unpaired) electrons. The van der Waals surface area contributed by atoms with Crippen molar-refractivity contribution in [2.24, 2.45) is 29.6 Å². The van der Waals surface area contributed by atoms with Crippen LogP contribution >= 0.6 is 23.1 Å². The first kappa shape index (κ1) is 29.4. The maximum absolute atomic E-state index is 13.9. The Morgan fingerprint density at radius 1 is 0.896 bits per heavy atom. The smallest absolute Gasteiger partial charge is 0.305 e. The van der Waals surface area contributed by atoms with Gasteiger partial charge < -0.3 is 15.0 Å². The number of hydrogen-bond donors (Lipinski definition) is 2. The average Bonchev–Trinajstić information content (AvgIpc) is 3.83. The summed E-state index contributed by atoms with van der Waals surface area (Å²) < 4.78 is 19.5. The number of H-pyrrole nitrogens is 1. The Labute approximate surface area is 282 Å². The van der Waals surface area contributed by atoms with Gasteiger partial charge in [0.1, 0.15) is 11.6 Å². The molecule has 8 nitrogen and oxygen atoms in total. The van der Waals surface area contributed by atoms with Crippen molar-refractivity contribution in [2.45, 2.75) is 22.6 Å². The molecule has 2 saturated carbocycles. The fourth-order valence-electron chi connectivity index (χ4n) is 8.68. The third-order valence-electron chi connectivity index (χ3n) is 10.5. The third-order valence-corrected chi connectivity index (χ3v) is 13.1. The number of nitrogens with zero attached hydrogens (tertiary/aromatic N) is 1. The van der Waals surface area contributed by atoms with Gasteiger partial charge in [-0.05, 0) is 77.6 Å². The molecular weight excluding hydrogens is 650 g/mol. The average molecular weight is 678 g/mol. The van der Waals surface area contributed by atoms with Gasteiger partial charge in [-0.1, -0.05) is 59.9 Å². The molecule has 4 aliphatic rings. The van der Waals surface area contributed by atoms with Crippen LogP contribution in [-0.4, -0.2) is 34.6 Å². The molecule has 0 spiro atoms. The number of halogens is 1. The van der Waals surface area contributed by atoms with E-state index in [0.717, 1.165) is 38.3 Å². The van der Waals surface area contributed by atoms with E-state index >= 15 is 0 Å². The molecule has 7 atom stereocenters. The summed E-state index contributed by atoms with van der Waals surface area (Å²) in [5.41, 5.74) is 2.11. The molecule has 2 N–H and O–H groups in total. The minimum atomic E-state index is -0.447. The number of rotatable bonds is 6. The van der Waals surface area contributed by atoms with Gasteiger partial charge >= 0.3 is 4.87 Å². The standard InChI is InChI=1S/C37H28FN3O5S2/c38-20-10-12-21(13-11-20)41-35(43)30-24-16-25(31(30)36(41)44)32-29(24)28(33-34(47-32)40-37(45)48-33)19-8-14-22(15-9-19)46-17-27(42)39-26-7-3-5-18-4-1-2-6-23(18)26/h1-15,24-25,28-32H,16-17H2,(H,39,42)(H,40,45)/t24?,25?,28-,29?,30?,31?,32?/m1/s1. The SMILES string of the molecule is O=C(COc1ccc([C@H]2c3sc(=O)[nH]c3SC3C4CC(C5C(=O)N(c6ccc(F)cc6)C(=O)C45)C32)cc1)Nc1cccc2ccccc12. The van der Waals surface area contributed by atoms with Gasteiger partial charge in [0.15, 0.2) is 6.61 Å². The summed E-state index contributed by atoms with van der Waals surface area (Å²) in [6, 6.07) is 26.7. The summed E-state index contributed by atoms with van der Waals surface area (Å²) in [6.45, 7) is -0.162. The van der Waals surface area contributed by atoms with E-state index in [0.29, 0.717) is 11.4 Å². The second kappa shape index (κ2) is 11.2. The highest BCUT2D eigenvalue weighted by Gasteiger charge is 2.69. The Kier molecular flexibility index (Phi) is 6.84. The number of amides is 3. The number of thiazole rings is 1. The van der Waals surface area contributed by atoms with Gasteiger partial charge in [0.2, 0.25) is 11.8 Å². The molecule has 1 aromatic heterocycles. The number of imide groups is 1. The zero-order valence-corrected chi connectivity index (χ0v) is 26.9. The van der Waals surface area contributed by atoms with Gasteiger partial charge in [0.05, 0.1) is 22.5 Å². The van der Waals surface area contributed by atoms with E-state index in [2.05, 4.69) is 10.3 Å². The number of nitrogens with one attached hydrogen (secondary N) is 2. The van der Waals surface area contributed by atoms with Crippen molar-refractivity contribution >= 4 is 63.0 Å². The van der Waals surface area contributed by atoms with Crippen LogP contribution in [0.3, 0.4) is 0 Å². The quantitative estimate of drug-likeness (QED) is 0.201. The van der Waals surface area contributed by atoms with Crippen molar-refractivity contribution in [3.05, 3.63) is 117 Å². The fourth-order valence-corrected chi connectivity index (χ4v) is 11.6. The molecule has 1 saturated heterocycles. The van der Waals surface area contributed by atoms with Crippen LogP contribution < -0.4 is 19.8 Å². The summed E-state index contributed by atoms with van der Waals surface area (Å²) in [5, 5.41) is 5.81. The fraction of sp³-hybridized carbons (Fsp3) is 0.243. The van der Waals surface area contributed by atoms with Crippen LogP contribution in [0, 0.1) is 35.4 Å². The van der Waals surface area contributed by atoms with Gasteiger partial charge in [0, 0.05) is 27.1 Å². The molecule has 48 heavy (non-hydrogen) atoms. The second-order valence-corrected chi connectivity index (χ2v) is 15.1. The van der Waals surface area contributed by atoms with Crippen LogP contribution in [0.15, 0.2) is 101 Å². The molecule has 9 rings (SSSR count). The van der Waals surface area contributed by atoms with Crippen LogP contribution in [-0.2, 0) is 14.4 Å². The number of aromatic nitrogens is 1. The molecule has 240 valence electrons. The first-order chi connectivity index (χ1) is 23.4. The number of carbonyl (C=O) groups excluding carboxylic acids is 3. The molecule has 6 unspecified atom stereocenters. The van der Waals surface area contributed by atoms with Crippen LogP contribution in [0.5, 0.6) is 5.75 Å². The number of fused-ring (bicyclic) bond motifs is 10. The van der Waals surface area contributed by atoms with Gasteiger partial charge in [-0.15, -0.1) is 11.8 Å². The van der Waals surface area contributed by atoms with Crippen LogP contribution in [0.25, 0.3) is 10.8 Å². The van der Waals surface area contributed by atoms with E-state index in [9.17, 15) is 23.6 Å². The predicted molar refractivity (Wildman–Crippen MR) is 182 cm³/mol. The summed E-state index contributed by atoms with van der Waals surface area (Å²) in [4.78, 5) is 58.2. The summed E-state index contributed by atoms with van der Waals surface area (Å²) in [6.07, 6.45) is 0.773. The molecule has 2 aliphatic carbocycles. The number of anilines is 2. The number of ether oxygens (including phenoxy) is 1. The normalized spacial score (nSPS) is 26.8. The summed E-state index contributed by atoms with van der Waals surface area (Å²) in [7, 11) is 0. The molecule has 11 heteroatoms. The minimum Gasteiger partial charge on any atom is -0.484 e. The molecule has 5 aromatic rings. The summed E-state index contributed by atoms with van der Waals surface area (Å²) >= 11 is 2.83. The Morgan fingerprint density at radius 2 is 1.62 bits per heavy atom. The second-order valence-electron chi connectivity index (χ2n) is 12.9. The zero-order valence-electron chi connectivity index (χ0n) is 25.3. The molecule has 2 aliphatic heterocycles. The van der Waals surface area contributed by atoms with Crippen LogP contribution in [0.1, 0.15) is 22.8 Å². The highest BCUT2D eigenvalue weighted by atomic mass is 32.2. The van der Waals surface area contributed by atoms with Crippen molar-refractivity contribution < 1.29 is 23.5 Å². The first-order valence-electron chi connectivity index (χ1n) is 15.9. The predicted octanol–water partition coefficient (Wildman–Crippen LogP) is 6.42. The van der Waals surface area contributed by atoms with Crippen molar-refractivity contribution in [3.8, 4) is 5.75 Å². The lowest BCUT2D eigenvalue weighted by atomic mass is 9.68. The zero-order chi connectivity index (χ0) is 32.7. The van der Waals surface area contributed by atoms with E-state index in [1.54, 1.807) is 11.8 Å². The Balaban J connectivity index is 0.966. The van der Waals surface area contributed by atoms with Gasteiger partial charge in [0.25, 0.3) is 5.91 Å². The number of carbonyl (C=O) groups is 3. The lowest BCUT2D eigenvalue weighted by molar-refractivity contribution is -0.123. The topological polar surface area (TPSA) is 109 Å². The molecular formula is C37H28FN3O5S2. The number of thioether (sulfide) groups is 1. The molecule has 3 amide bonds. The maximum atomic E-state index is 13.9. The maximum Gasteiger partial charge on any atom is 0.305 e. The minimum absolute atomic E-state index is 0.0150. The highest BCUT2D eigenvalue weighted by Crippen LogP contribution is 2.68. The van der Waals surface area contributed by atoms with Crippen LogP contribution in [0.2, 0.25) is 0 Å². The van der Waals surface area contributed by atoms with E-state index < -0.39 is 17.7 Å². The van der Waals surface area contributed by atoms with Crippen LogP contribution in [0.4, 0.5) is 15.8 Å². The monoisotopic (exact) mass is 677 g/mol. The number of benzene rings is 4. The molecule has 4 aromatic carbocycles. The van der Waals surface area contributed by atoms with E-state index in [-0.39, 0.29) is 58.1 Å². The lowest BCUT2D eigenvalue weighted by Crippen LogP contribution is -2.42. The Hall–Kier alpha value is -4.74. The number of hydrogen-bond acceptors (Lipinski definition) is 7. The van der Waals surface area contributed by atoms with Crippen molar-refractivity contribution in [1.29, 1.82) is 0 Å². The van der Waals surface area contributed by atoms with Crippen molar-refractivity contribution in [2.75, 3.05) is 16.8 Å². The Bertz CT molecular complexity index is 2180. The van der Waals surface area contributed by atoms with E-state index in [4.69, 9.17) is 4.74 Å². The molecule has 3 heterocycles. The molecule has 3 fully saturated rings. The van der Waals surface area contributed by atoms with E-state index in [1.165, 1.54) is 40.5 Å². The van der Waals surface area contributed by atoms with Crippen molar-refractivity contribution in [3.63, 3.8) is 0 Å². The third kappa shape index (κ3) is 4.55. The largest absolute Gasteiger partial charge is 0.484 e.